The maximum atomic E-state index is 12.6. The normalized spacial score (nSPS) is 15.1. The van der Waals surface area contributed by atoms with Crippen LogP contribution in [0.2, 0.25) is 0 Å². The molecule has 1 heterocycles. The van der Waals surface area contributed by atoms with Gasteiger partial charge in [-0.15, -0.1) is 0 Å². The lowest BCUT2D eigenvalue weighted by atomic mass is 10.1. The number of primary sulfonamides is 1. The highest BCUT2D eigenvalue weighted by atomic mass is 35.5. The number of imide groups is 1. The number of nitrogens with zero attached hydrogens (tertiary/aromatic N) is 1. The van der Waals surface area contributed by atoms with Gasteiger partial charge in [-0.05, 0) is 29.7 Å². The number of halogens is 1. The summed E-state index contributed by atoms with van der Waals surface area (Å²) in [6, 6.07) is 14.7. The average molecular weight is 391 g/mol. The van der Waals surface area contributed by atoms with Gasteiger partial charge in [-0.1, -0.05) is 54.1 Å². The maximum Gasteiger partial charge on any atom is 0.273 e. The van der Waals surface area contributed by atoms with Crippen molar-refractivity contribution in [2.24, 2.45) is 5.14 Å². The molecular weight excluding hydrogens is 376 g/mol. The summed E-state index contributed by atoms with van der Waals surface area (Å²) in [5.74, 6) is -0.968. The van der Waals surface area contributed by atoms with Crippen LogP contribution in [0.5, 0.6) is 0 Å². The molecule has 2 aromatic carbocycles. The fourth-order valence-corrected chi connectivity index (χ4v) is 3.50. The third-order valence-electron chi connectivity index (χ3n) is 4.05. The second-order valence-corrected chi connectivity index (χ2v) is 7.70. The fourth-order valence-electron chi connectivity index (χ4n) is 2.69. The van der Waals surface area contributed by atoms with E-state index in [0.717, 1.165) is 10.5 Å². The molecule has 1 aliphatic rings. The average Bonchev–Trinajstić information content (AvgIpc) is 2.83. The number of nitrogens with two attached hydrogens (primary N) is 1. The minimum absolute atomic E-state index is 0.00523. The van der Waals surface area contributed by atoms with Crippen molar-refractivity contribution in [2.45, 2.75) is 11.3 Å². The SMILES string of the molecule is NS(=O)(=O)c1ccc(CCN2C(=O)C(Cl)=C(c3ccccc3)C2=O)cc1. The van der Waals surface area contributed by atoms with Gasteiger partial charge in [0, 0.05) is 6.54 Å². The molecule has 0 aliphatic carbocycles. The zero-order valence-electron chi connectivity index (χ0n) is 13.6. The zero-order chi connectivity index (χ0) is 18.9. The Morgan fingerprint density at radius 1 is 0.923 bits per heavy atom. The van der Waals surface area contributed by atoms with E-state index in [-0.39, 0.29) is 22.0 Å². The molecule has 0 atom stereocenters. The summed E-state index contributed by atoms with van der Waals surface area (Å²) in [7, 11) is -3.76. The van der Waals surface area contributed by atoms with Crippen LogP contribution in [0.15, 0.2) is 64.5 Å². The summed E-state index contributed by atoms with van der Waals surface area (Å²) in [6.07, 6.45) is 0.370. The van der Waals surface area contributed by atoms with Crippen LogP contribution in [0.1, 0.15) is 11.1 Å². The number of amides is 2. The number of rotatable bonds is 5. The van der Waals surface area contributed by atoms with E-state index in [9.17, 15) is 18.0 Å². The second kappa shape index (κ2) is 7.03. The molecule has 0 aromatic heterocycles. The van der Waals surface area contributed by atoms with Gasteiger partial charge in [0.1, 0.15) is 5.03 Å². The zero-order valence-corrected chi connectivity index (χ0v) is 15.1. The minimum atomic E-state index is -3.76. The molecule has 2 aromatic rings. The van der Waals surface area contributed by atoms with Gasteiger partial charge in [0.05, 0.1) is 10.5 Å². The van der Waals surface area contributed by atoms with Crippen molar-refractivity contribution in [3.05, 3.63) is 70.8 Å². The Labute approximate surface area is 155 Å². The molecule has 0 fully saturated rings. The third kappa shape index (κ3) is 3.55. The van der Waals surface area contributed by atoms with Gasteiger partial charge in [0.15, 0.2) is 0 Å². The van der Waals surface area contributed by atoms with Gasteiger partial charge in [-0.25, -0.2) is 13.6 Å². The van der Waals surface area contributed by atoms with E-state index in [4.69, 9.17) is 16.7 Å². The van der Waals surface area contributed by atoms with Crippen molar-refractivity contribution in [3.63, 3.8) is 0 Å². The highest BCUT2D eigenvalue weighted by molar-refractivity contribution is 7.89. The van der Waals surface area contributed by atoms with Gasteiger partial charge in [-0.2, -0.15) is 0 Å². The Bertz CT molecular complexity index is 999. The van der Waals surface area contributed by atoms with Crippen LogP contribution in [-0.4, -0.2) is 31.7 Å². The molecule has 0 unspecified atom stereocenters. The van der Waals surface area contributed by atoms with E-state index in [1.807, 2.05) is 6.07 Å². The van der Waals surface area contributed by atoms with Crippen LogP contribution in [0, 0.1) is 0 Å². The monoisotopic (exact) mass is 390 g/mol. The number of carbonyl (C=O) groups excluding carboxylic acids is 2. The second-order valence-electron chi connectivity index (χ2n) is 5.76. The predicted molar refractivity (Wildman–Crippen MR) is 97.5 cm³/mol. The highest BCUT2D eigenvalue weighted by Crippen LogP contribution is 2.31. The van der Waals surface area contributed by atoms with E-state index in [0.29, 0.717) is 12.0 Å². The Hall–Kier alpha value is -2.48. The van der Waals surface area contributed by atoms with Crippen LogP contribution >= 0.6 is 11.6 Å². The third-order valence-corrected chi connectivity index (χ3v) is 5.33. The van der Waals surface area contributed by atoms with Gasteiger partial charge < -0.3 is 0 Å². The van der Waals surface area contributed by atoms with Gasteiger partial charge >= 0.3 is 0 Å². The van der Waals surface area contributed by atoms with Crippen molar-refractivity contribution < 1.29 is 18.0 Å². The summed E-state index contributed by atoms with van der Waals surface area (Å²) in [6.45, 7) is 0.138. The molecule has 0 bridgehead atoms. The van der Waals surface area contributed by atoms with E-state index in [2.05, 4.69) is 0 Å². The molecule has 2 amide bonds. The molecule has 1 aliphatic heterocycles. The maximum absolute atomic E-state index is 12.6. The van der Waals surface area contributed by atoms with Crippen LogP contribution in [-0.2, 0) is 26.0 Å². The number of hydrogen-bond acceptors (Lipinski definition) is 4. The van der Waals surface area contributed by atoms with E-state index in [1.165, 1.54) is 12.1 Å². The Balaban J connectivity index is 1.74. The molecule has 134 valence electrons. The lowest BCUT2D eigenvalue weighted by Crippen LogP contribution is -2.33. The summed E-state index contributed by atoms with van der Waals surface area (Å²) in [5, 5.41) is 4.97. The first-order valence-corrected chi connectivity index (χ1v) is 9.64. The number of benzene rings is 2. The molecule has 8 heteroatoms. The van der Waals surface area contributed by atoms with Gasteiger partial charge in [0.2, 0.25) is 10.0 Å². The smallest absolute Gasteiger partial charge is 0.273 e. The first-order chi connectivity index (χ1) is 12.3. The van der Waals surface area contributed by atoms with Crippen LogP contribution in [0.3, 0.4) is 0 Å². The topological polar surface area (TPSA) is 97.5 Å². The largest absolute Gasteiger partial charge is 0.273 e. The number of hydrogen-bond donors (Lipinski definition) is 1. The van der Waals surface area contributed by atoms with E-state index in [1.54, 1.807) is 36.4 Å². The van der Waals surface area contributed by atoms with Crippen molar-refractivity contribution >= 4 is 39.0 Å². The molecule has 0 saturated carbocycles. The summed E-state index contributed by atoms with van der Waals surface area (Å²) >= 11 is 6.09. The molecular formula is C18H15ClN2O4S. The Morgan fingerprint density at radius 3 is 2.12 bits per heavy atom. The van der Waals surface area contributed by atoms with Crippen molar-refractivity contribution in [1.82, 2.24) is 4.90 Å². The first-order valence-electron chi connectivity index (χ1n) is 7.72. The first kappa shape index (κ1) is 18.3. The lowest BCUT2D eigenvalue weighted by molar-refractivity contribution is -0.136. The van der Waals surface area contributed by atoms with Crippen LogP contribution in [0.4, 0.5) is 0 Å². The van der Waals surface area contributed by atoms with Crippen LogP contribution < -0.4 is 5.14 Å². The van der Waals surface area contributed by atoms with Gasteiger partial charge in [0.25, 0.3) is 11.8 Å². The summed E-state index contributed by atoms with van der Waals surface area (Å²) in [4.78, 5) is 26.0. The fraction of sp³-hybridized carbons (Fsp3) is 0.111. The van der Waals surface area contributed by atoms with E-state index < -0.39 is 21.8 Å². The van der Waals surface area contributed by atoms with Gasteiger partial charge in [-0.3, -0.25) is 14.5 Å². The molecule has 0 radical (unpaired) electrons. The minimum Gasteiger partial charge on any atom is -0.273 e. The molecule has 0 spiro atoms. The molecule has 2 N–H and O–H groups in total. The quantitative estimate of drug-likeness (QED) is 0.788. The number of carbonyl (C=O) groups is 2. The molecule has 26 heavy (non-hydrogen) atoms. The molecule has 3 rings (SSSR count). The molecule has 0 saturated heterocycles. The lowest BCUT2D eigenvalue weighted by Gasteiger charge is -2.15. The number of sulfonamides is 1. The van der Waals surface area contributed by atoms with Crippen molar-refractivity contribution in [3.8, 4) is 0 Å². The van der Waals surface area contributed by atoms with Crippen LogP contribution in [0.25, 0.3) is 5.57 Å². The summed E-state index contributed by atoms with van der Waals surface area (Å²) < 4.78 is 22.5. The standard InChI is InChI=1S/C18H15ClN2O4S/c19-16-15(13-4-2-1-3-5-13)17(22)21(18(16)23)11-10-12-6-8-14(9-7-12)26(20,24)25/h1-9H,10-11H2,(H2,20,24,25). The highest BCUT2D eigenvalue weighted by Gasteiger charge is 2.37. The molecule has 6 nitrogen and oxygen atoms in total. The van der Waals surface area contributed by atoms with Crippen molar-refractivity contribution in [1.29, 1.82) is 0 Å². The Morgan fingerprint density at radius 2 is 1.54 bits per heavy atom. The Kier molecular flexibility index (Phi) is 4.95. The van der Waals surface area contributed by atoms with Crippen molar-refractivity contribution in [2.75, 3.05) is 6.54 Å². The van der Waals surface area contributed by atoms with E-state index >= 15 is 0 Å². The predicted octanol–water partition coefficient (Wildman–Crippen LogP) is 1.90. The summed E-state index contributed by atoms with van der Waals surface area (Å²) in [5.41, 5.74) is 1.56.